The van der Waals surface area contributed by atoms with E-state index in [1.165, 1.54) is 13.2 Å². The second-order valence-corrected chi connectivity index (χ2v) is 1.69. The first kappa shape index (κ1) is 6.29. The van der Waals surface area contributed by atoms with Gasteiger partial charge in [0.1, 0.15) is 5.15 Å². The number of halogens is 1. The summed E-state index contributed by atoms with van der Waals surface area (Å²) in [5, 5.41) is 0.335. The van der Waals surface area contributed by atoms with Gasteiger partial charge in [-0.1, -0.05) is 11.6 Å². The summed E-state index contributed by atoms with van der Waals surface area (Å²) in [6.07, 6.45) is 2.51. The van der Waals surface area contributed by atoms with E-state index in [-0.39, 0.29) is 6.01 Å². The first-order valence-electron chi connectivity index (χ1n) is 2.27. The van der Waals surface area contributed by atoms with Crippen LogP contribution in [0.3, 0.4) is 0 Å². The van der Waals surface area contributed by atoms with Crippen LogP contribution >= 0.6 is 11.6 Å². The summed E-state index contributed by atoms with van der Waals surface area (Å²) in [6.45, 7) is 0. The summed E-state index contributed by atoms with van der Waals surface area (Å²) in [7, 11) is 1.47. The maximum absolute atomic E-state index is 5.46. The van der Waals surface area contributed by atoms with Crippen molar-refractivity contribution in [3.8, 4) is 6.01 Å². The van der Waals surface area contributed by atoms with E-state index in [2.05, 4.69) is 20.9 Å². The molecule has 0 unspecified atom stereocenters. The topological polar surface area (TPSA) is 35.0 Å². The second-order valence-electron chi connectivity index (χ2n) is 1.31. The van der Waals surface area contributed by atoms with Gasteiger partial charge in [0.15, 0.2) is 0 Å². The SMILES string of the molecule is COc1n[c]cc(Cl)n1. The molecule has 0 aliphatic rings. The molecule has 0 saturated carbocycles. The molecule has 0 bridgehead atoms. The van der Waals surface area contributed by atoms with Gasteiger partial charge in [0.2, 0.25) is 0 Å². The Kier molecular flexibility index (Phi) is 1.85. The van der Waals surface area contributed by atoms with E-state index in [0.29, 0.717) is 5.15 Å². The molecule has 3 nitrogen and oxygen atoms in total. The van der Waals surface area contributed by atoms with Crippen molar-refractivity contribution >= 4 is 11.6 Å². The van der Waals surface area contributed by atoms with Crippen LogP contribution in [0.5, 0.6) is 6.01 Å². The minimum atomic E-state index is 0.238. The van der Waals surface area contributed by atoms with Crippen molar-refractivity contribution in [2.24, 2.45) is 0 Å². The highest BCUT2D eigenvalue weighted by atomic mass is 35.5. The van der Waals surface area contributed by atoms with Crippen molar-refractivity contribution in [2.45, 2.75) is 0 Å². The Morgan fingerprint density at radius 2 is 2.56 bits per heavy atom. The molecule has 0 saturated heterocycles. The summed E-state index contributed by atoms with van der Waals surface area (Å²) >= 11 is 5.46. The monoisotopic (exact) mass is 143 g/mol. The molecule has 1 radical (unpaired) electrons. The largest absolute Gasteiger partial charge is 0.467 e. The normalized spacial score (nSPS) is 9.11. The van der Waals surface area contributed by atoms with Gasteiger partial charge in [-0.3, -0.25) is 0 Å². The van der Waals surface area contributed by atoms with E-state index >= 15 is 0 Å². The van der Waals surface area contributed by atoms with Gasteiger partial charge < -0.3 is 4.74 Å². The minimum absolute atomic E-state index is 0.238. The van der Waals surface area contributed by atoms with Crippen molar-refractivity contribution in [1.29, 1.82) is 0 Å². The van der Waals surface area contributed by atoms with Gasteiger partial charge in [0, 0.05) is 6.07 Å². The predicted octanol–water partition coefficient (Wildman–Crippen LogP) is 0.939. The molecule has 9 heavy (non-hydrogen) atoms. The van der Waals surface area contributed by atoms with Crippen LogP contribution in [0, 0.1) is 6.20 Å². The van der Waals surface area contributed by atoms with Crippen molar-refractivity contribution in [1.82, 2.24) is 9.97 Å². The third kappa shape index (κ3) is 1.54. The summed E-state index contributed by atoms with van der Waals surface area (Å²) < 4.78 is 4.66. The number of ether oxygens (including phenoxy) is 1. The van der Waals surface area contributed by atoms with Crippen molar-refractivity contribution < 1.29 is 4.74 Å². The Bertz CT molecular complexity index is 204. The van der Waals surface area contributed by atoms with Crippen LogP contribution < -0.4 is 4.74 Å². The summed E-state index contributed by atoms with van der Waals surface area (Å²) in [5.74, 6) is 0. The molecule has 1 aromatic heterocycles. The molecule has 0 N–H and O–H groups in total. The van der Waals surface area contributed by atoms with E-state index in [1.54, 1.807) is 0 Å². The van der Waals surface area contributed by atoms with E-state index < -0.39 is 0 Å². The molecule has 0 aliphatic carbocycles. The lowest BCUT2D eigenvalue weighted by atomic mass is 10.7. The first-order chi connectivity index (χ1) is 4.33. The average molecular weight is 144 g/mol. The number of methoxy groups -OCH3 is 1. The molecule has 1 rings (SSSR count). The van der Waals surface area contributed by atoms with Gasteiger partial charge in [-0.15, -0.1) is 0 Å². The standard InChI is InChI=1S/C5H4ClN2O/c1-9-5-7-3-2-4(6)8-5/h2H,1H3. The second kappa shape index (κ2) is 2.64. The maximum Gasteiger partial charge on any atom is 0.318 e. The van der Waals surface area contributed by atoms with Gasteiger partial charge >= 0.3 is 6.01 Å². The Labute approximate surface area is 57.7 Å². The highest BCUT2D eigenvalue weighted by molar-refractivity contribution is 6.29. The third-order valence-electron chi connectivity index (χ3n) is 0.729. The molecule has 0 aromatic carbocycles. The summed E-state index contributed by atoms with van der Waals surface area (Å²) in [6, 6.07) is 1.70. The van der Waals surface area contributed by atoms with E-state index in [4.69, 9.17) is 11.6 Å². The van der Waals surface area contributed by atoms with Crippen LogP contribution in [-0.4, -0.2) is 17.1 Å². The highest BCUT2D eigenvalue weighted by Gasteiger charge is 1.92. The molecular formula is C5H4ClN2O. The van der Waals surface area contributed by atoms with Gasteiger partial charge in [-0.05, 0) is 0 Å². The zero-order chi connectivity index (χ0) is 6.69. The lowest BCUT2D eigenvalue weighted by Gasteiger charge is -1.93. The van der Waals surface area contributed by atoms with Gasteiger partial charge in [0.25, 0.3) is 0 Å². The molecule has 0 spiro atoms. The number of hydrogen-bond acceptors (Lipinski definition) is 3. The molecule has 1 aromatic rings. The van der Waals surface area contributed by atoms with Crippen LogP contribution in [0.15, 0.2) is 6.07 Å². The average Bonchev–Trinajstić information content (AvgIpc) is 1.88. The molecule has 0 amide bonds. The fourth-order valence-corrected chi connectivity index (χ4v) is 0.502. The summed E-state index contributed by atoms with van der Waals surface area (Å²) in [4.78, 5) is 7.31. The van der Waals surface area contributed by atoms with Gasteiger partial charge in [-0.25, -0.2) is 0 Å². The van der Waals surface area contributed by atoms with Crippen LogP contribution in [0.1, 0.15) is 0 Å². The van der Waals surface area contributed by atoms with Gasteiger partial charge in [0.05, 0.1) is 13.3 Å². The molecule has 0 aliphatic heterocycles. The van der Waals surface area contributed by atoms with E-state index in [1.807, 2.05) is 0 Å². The smallest absolute Gasteiger partial charge is 0.318 e. The zero-order valence-corrected chi connectivity index (χ0v) is 5.51. The zero-order valence-electron chi connectivity index (χ0n) is 4.76. The lowest BCUT2D eigenvalue weighted by Crippen LogP contribution is -1.89. The number of rotatable bonds is 1. The molecular weight excluding hydrogens is 140 g/mol. The third-order valence-corrected chi connectivity index (χ3v) is 0.922. The van der Waals surface area contributed by atoms with E-state index in [9.17, 15) is 0 Å². The Balaban J connectivity index is 2.94. The minimum Gasteiger partial charge on any atom is -0.467 e. The van der Waals surface area contributed by atoms with Crippen LogP contribution in [-0.2, 0) is 0 Å². The Morgan fingerprint density at radius 1 is 1.78 bits per heavy atom. The maximum atomic E-state index is 5.46. The molecule has 4 heteroatoms. The first-order valence-corrected chi connectivity index (χ1v) is 2.65. The van der Waals surface area contributed by atoms with Crippen LogP contribution in [0.25, 0.3) is 0 Å². The van der Waals surface area contributed by atoms with Crippen LogP contribution in [0.2, 0.25) is 5.15 Å². The molecule has 1 heterocycles. The Morgan fingerprint density at radius 3 is 3.00 bits per heavy atom. The van der Waals surface area contributed by atoms with Gasteiger partial charge in [-0.2, -0.15) is 9.97 Å². The molecule has 0 fully saturated rings. The predicted molar refractivity (Wildman–Crippen MR) is 32.4 cm³/mol. The Hall–Kier alpha value is -0.830. The van der Waals surface area contributed by atoms with Crippen molar-refractivity contribution in [2.75, 3.05) is 7.11 Å². The highest BCUT2D eigenvalue weighted by Crippen LogP contribution is 2.05. The molecule has 47 valence electrons. The van der Waals surface area contributed by atoms with Crippen LogP contribution in [0.4, 0.5) is 0 Å². The fraction of sp³-hybridized carbons (Fsp3) is 0.200. The van der Waals surface area contributed by atoms with E-state index in [0.717, 1.165) is 0 Å². The fourth-order valence-electron chi connectivity index (χ4n) is 0.381. The number of hydrogen-bond donors (Lipinski definition) is 0. The number of nitrogens with zero attached hydrogens (tertiary/aromatic N) is 2. The quantitative estimate of drug-likeness (QED) is 0.549. The molecule has 0 atom stereocenters. The summed E-state index contributed by atoms with van der Waals surface area (Å²) in [5.41, 5.74) is 0. The lowest BCUT2D eigenvalue weighted by molar-refractivity contribution is 0.379. The van der Waals surface area contributed by atoms with Crippen molar-refractivity contribution in [3.63, 3.8) is 0 Å². The van der Waals surface area contributed by atoms with Crippen molar-refractivity contribution in [3.05, 3.63) is 17.4 Å². The number of aromatic nitrogens is 2.